The molecule has 0 heterocycles. The SMILES string of the molecule is C#C[C@@H](CC(=O)OCC)NC(=O)CCC(=O)Nc1ccc(C(=N)NC(=O)c2ccccc2)cc1.C#C[C@H](N)CC(=O)O. The number of carboxylic acids is 1. The van der Waals surface area contributed by atoms with E-state index in [1.54, 1.807) is 61.5 Å². The molecule has 0 fully saturated rings. The average Bonchev–Trinajstić information content (AvgIpc) is 2.96. The van der Waals surface area contributed by atoms with Crippen LogP contribution >= 0.6 is 0 Å². The van der Waals surface area contributed by atoms with Crippen molar-refractivity contribution in [2.45, 2.75) is 44.7 Å². The van der Waals surface area contributed by atoms with Gasteiger partial charge >= 0.3 is 11.9 Å². The molecule has 2 aromatic rings. The molecular formula is C30H33N5O7. The van der Waals surface area contributed by atoms with Crippen molar-refractivity contribution in [3.63, 3.8) is 0 Å². The minimum Gasteiger partial charge on any atom is -0.481 e. The van der Waals surface area contributed by atoms with Gasteiger partial charge in [-0.25, -0.2) is 0 Å². The third-order valence-corrected chi connectivity index (χ3v) is 5.13. The van der Waals surface area contributed by atoms with Crippen molar-refractivity contribution >= 4 is 41.2 Å². The first-order chi connectivity index (χ1) is 20.0. The Hall–Kier alpha value is -5.46. The number of carbonyl (C=O) groups is 5. The summed E-state index contributed by atoms with van der Waals surface area (Å²) in [6, 6.07) is 13.4. The van der Waals surface area contributed by atoms with Crippen molar-refractivity contribution in [3.8, 4) is 24.7 Å². The first-order valence-corrected chi connectivity index (χ1v) is 12.7. The molecule has 0 bridgehead atoms. The topological polar surface area (TPSA) is 201 Å². The number of benzene rings is 2. The largest absolute Gasteiger partial charge is 0.481 e. The van der Waals surface area contributed by atoms with Gasteiger partial charge in [0, 0.05) is 29.7 Å². The van der Waals surface area contributed by atoms with Crippen molar-refractivity contribution in [2.24, 2.45) is 5.73 Å². The summed E-state index contributed by atoms with van der Waals surface area (Å²) in [4.78, 5) is 57.6. The van der Waals surface area contributed by atoms with E-state index in [9.17, 15) is 24.0 Å². The number of nitrogens with two attached hydrogens (primary N) is 1. The van der Waals surface area contributed by atoms with Gasteiger partial charge in [-0.05, 0) is 43.3 Å². The summed E-state index contributed by atoms with van der Waals surface area (Å²) in [6.07, 6.45) is 9.61. The van der Waals surface area contributed by atoms with E-state index in [0.717, 1.165) is 0 Å². The summed E-state index contributed by atoms with van der Waals surface area (Å²) in [5.41, 5.74) is 6.43. The molecule has 2 aromatic carbocycles. The third-order valence-electron chi connectivity index (χ3n) is 5.13. The van der Waals surface area contributed by atoms with Crippen LogP contribution in [0.4, 0.5) is 5.69 Å². The van der Waals surface area contributed by atoms with Crippen molar-refractivity contribution in [1.29, 1.82) is 5.41 Å². The molecular weight excluding hydrogens is 542 g/mol. The number of hydrogen-bond donors (Lipinski definition) is 6. The summed E-state index contributed by atoms with van der Waals surface area (Å²) >= 11 is 0. The zero-order chi connectivity index (χ0) is 31.5. The molecule has 2 atom stereocenters. The Morgan fingerprint density at radius 1 is 0.929 bits per heavy atom. The first-order valence-electron chi connectivity index (χ1n) is 12.7. The molecule has 0 aliphatic carbocycles. The minimum absolute atomic E-state index is 0.0747. The summed E-state index contributed by atoms with van der Waals surface area (Å²) in [5, 5.41) is 23.8. The Kier molecular flexibility index (Phi) is 15.4. The maximum absolute atomic E-state index is 12.2. The molecule has 0 saturated heterocycles. The van der Waals surface area contributed by atoms with E-state index in [1.807, 2.05) is 0 Å². The molecule has 12 heteroatoms. The van der Waals surface area contributed by atoms with Gasteiger partial charge in [0.25, 0.3) is 5.91 Å². The van der Waals surface area contributed by atoms with E-state index in [4.69, 9.17) is 33.8 Å². The zero-order valence-electron chi connectivity index (χ0n) is 23.0. The third kappa shape index (κ3) is 14.1. The van der Waals surface area contributed by atoms with Gasteiger partial charge in [-0.2, -0.15) is 0 Å². The fourth-order valence-corrected chi connectivity index (χ4v) is 3.07. The van der Waals surface area contributed by atoms with Crippen LogP contribution in [0.25, 0.3) is 0 Å². The molecule has 0 aromatic heterocycles. The van der Waals surface area contributed by atoms with E-state index in [1.165, 1.54) is 0 Å². The number of amides is 3. The maximum Gasteiger partial charge on any atom is 0.308 e. The lowest BCUT2D eigenvalue weighted by molar-refractivity contribution is -0.143. The number of anilines is 1. The highest BCUT2D eigenvalue weighted by molar-refractivity contribution is 6.11. The van der Waals surface area contributed by atoms with Crippen LogP contribution in [0.1, 0.15) is 48.5 Å². The fraction of sp³-hybridized carbons (Fsp3) is 0.267. The van der Waals surface area contributed by atoms with Crippen LogP contribution in [0.2, 0.25) is 0 Å². The van der Waals surface area contributed by atoms with E-state index >= 15 is 0 Å². The zero-order valence-corrected chi connectivity index (χ0v) is 23.0. The quantitative estimate of drug-likeness (QED) is 0.0949. The maximum atomic E-state index is 12.2. The highest BCUT2D eigenvalue weighted by atomic mass is 16.5. The number of aliphatic carboxylic acids is 1. The van der Waals surface area contributed by atoms with E-state index in [0.29, 0.717) is 16.8 Å². The smallest absolute Gasteiger partial charge is 0.308 e. The van der Waals surface area contributed by atoms with Crippen molar-refractivity contribution < 1.29 is 33.8 Å². The molecule has 0 saturated carbocycles. The summed E-state index contributed by atoms with van der Waals surface area (Å²) in [7, 11) is 0. The predicted octanol–water partition coefficient (Wildman–Crippen LogP) is 1.65. The lowest BCUT2D eigenvalue weighted by atomic mass is 10.1. The van der Waals surface area contributed by atoms with E-state index in [2.05, 4.69) is 27.8 Å². The van der Waals surface area contributed by atoms with Crippen molar-refractivity contribution in [3.05, 3.63) is 65.7 Å². The van der Waals surface area contributed by atoms with E-state index < -0.39 is 41.7 Å². The number of terminal acetylenes is 2. The Morgan fingerprint density at radius 2 is 1.55 bits per heavy atom. The normalized spacial score (nSPS) is 11.0. The highest BCUT2D eigenvalue weighted by Crippen LogP contribution is 2.11. The molecule has 7 N–H and O–H groups in total. The van der Waals surface area contributed by atoms with Gasteiger partial charge in [-0.15, -0.1) is 12.8 Å². The standard InChI is InChI=1S/C25H26N4O5.C5H7NO2/c1-3-19(16-23(32)34-4-2)27-21(30)14-15-22(31)28-20-12-10-17(11-13-20)24(26)29-25(33)18-8-6-5-7-9-18;1-2-4(6)3-5(7)8/h1,5-13,19H,4,14-16H2,2H3,(H,27,30)(H,28,31)(H2,26,29,33);1,4H,3,6H2,(H,7,8)/t19-;4-/m00/s1. The lowest BCUT2D eigenvalue weighted by Crippen LogP contribution is -2.36. The Balaban J connectivity index is 0.000000962. The second kappa shape index (κ2) is 18.8. The van der Waals surface area contributed by atoms with Crippen LogP contribution in [-0.4, -0.2) is 59.3 Å². The number of nitrogens with one attached hydrogen (secondary N) is 4. The molecule has 3 amide bonds. The van der Waals surface area contributed by atoms with Gasteiger partial charge in [-0.3, -0.25) is 29.4 Å². The molecule has 12 nitrogen and oxygen atoms in total. The number of amidine groups is 1. The molecule has 42 heavy (non-hydrogen) atoms. The van der Waals surface area contributed by atoms with Crippen LogP contribution in [0.15, 0.2) is 54.6 Å². The number of rotatable bonds is 12. The van der Waals surface area contributed by atoms with Crippen LogP contribution in [0.5, 0.6) is 0 Å². The van der Waals surface area contributed by atoms with Crippen molar-refractivity contribution in [1.82, 2.24) is 10.6 Å². The monoisotopic (exact) mass is 575 g/mol. The number of carbonyl (C=O) groups excluding carboxylic acids is 4. The number of ether oxygens (including phenoxy) is 1. The average molecular weight is 576 g/mol. The number of hydrogen-bond acceptors (Lipinski definition) is 8. The first kappa shape index (κ1) is 34.6. The molecule has 220 valence electrons. The minimum atomic E-state index is -0.963. The molecule has 2 rings (SSSR count). The van der Waals surface area contributed by atoms with Gasteiger partial charge < -0.3 is 31.5 Å². The Bertz CT molecular complexity index is 1330. The second-order valence-corrected chi connectivity index (χ2v) is 8.49. The number of esters is 1. The van der Waals surface area contributed by atoms with Gasteiger partial charge in [-0.1, -0.05) is 30.0 Å². The molecule has 0 unspecified atom stereocenters. The fourth-order valence-electron chi connectivity index (χ4n) is 3.07. The van der Waals surface area contributed by atoms with Gasteiger partial charge in [0.2, 0.25) is 11.8 Å². The van der Waals surface area contributed by atoms with Gasteiger partial charge in [0.1, 0.15) is 11.9 Å². The summed E-state index contributed by atoms with van der Waals surface area (Å²) in [5.74, 6) is 1.61. The molecule has 0 aliphatic rings. The van der Waals surface area contributed by atoms with Gasteiger partial charge in [0.15, 0.2) is 0 Å². The lowest BCUT2D eigenvalue weighted by Gasteiger charge is -2.12. The summed E-state index contributed by atoms with van der Waals surface area (Å²) in [6.45, 7) is 1.89. The molecule has 0 aliphatic heterocycles. The molecule has 0 radical (unpaired) electrons. The van der Waals surface area contributed by atoms with Crippen molar-refractivity contribution in [2.75, 3.05) is 11.9 Å². The van der Waals surface area contributed by atoms with Gasteiger partial charge in [0.05, 0.1) is 25.5 Å². The predicted molar refractivity (Wildman–Crippen MR) is 156 cm³/mol. The second-order valence-electron chi connectivity index (χ2n) is 8.49. The van der Waals surface area contributed by atoms with Crippen LogP contribution in [0.3, 0.4) is 0 Å². The summed E-state index contributed by atoms with van der Waals surface area (Å²) < 4.78 is 4.80. The number of carboxylic acid groups (broad SMARTS) is 1. The molecule has 0 spiro atoms. The highest BCUT2D eigenvalue weighted by Gasteiger charge is 2.16. The van der Waals surface area contributed by atoms with Crippen LogP contribution in [0, 0.1) is 30.1 Å². The van der Waals surface area contributed by atoms with Crippen LogP contribution in [-0.2, 0) is 23.9 Å². The Labute approximate surface area is 243 Å². The van der Waals surface area contributed by atoms with Crippen LogP contribution < -0.4 is 21.7 Å². The van der Waals surface area contributed by atoms with E-state index in [-0.39, 0.29) is 38.1 Å². The Morgan fingerprint density at radius 3 is 2.07 bits per heavy atom.